The molecule has 0 aromatic rings. The molecule has 0 heterocycles. The Morgan fingerprint density at radius 1 is 0.935 bits per heavy atom. The number of allylic oxidation sites excluding steroid dienone is 1. The molecule has 0 saturated heterocycles. The van der Waals surface area contributed by atoms with E-state index in [1.165, 1.54) is 5.57 Å². The second-order valence-corrected chi connectivity index (χ2v) is 10.9. The van der Waals surface area contributed by atoms with E-state index in [4.69, 9.17) is 5.11 Å². The third-order valence-corrected chi connectivity index (χ3v) is 9.88. The van der Waals surface area contributed by atoms with Crippen LogP contribution in [0.2, 0.25) is 0 Å². The predicted octanol–water partition coefficient (Wildman–Crippen LogP) is 4.41. The predicted molar refractivity (Wildman–Crippen MR) is 113 cm³/mol. The van der Waals surface area contributed by atoms with E-state index in [0.717, 1.165) is 38.5 Å². The molecule has 6 nitrogen and oxygen atoms in total. The molecule has 2 N–H and O–H groups in total. The zero-order chi connectivity index (χ0) is 22.6. The van der Waals surface area contributed by atoms with Crippen LogP contribution in [0.3, 0.4) is 0 Å². The Hall–Kier alpha value is -1.98. The summed E-state index contributed by atoms with van der Waals surface area (Å²) in [6.07, 6.45) is 7.84. The maximum absolute atomic E-state index is 13.4. The van der Waals surface area contributed by atoms with Crippen molar-refractivity contribution in [3.05, 3.63) is 11.6 Å². The Balaban J connectivity index is 1.67. The van der Waals surface area contributed by atoms with Crippen molar-refractivity contribution >= 4 is 23.5 Å². The zero-order valence-corrected chi connectivity index (χ0v) is 18.6. The minimum atomic E-state index is -1.02. The highest BCUT2D eigenvalue weighted by atomic mass is 16.4. The average molecular weight is 431 g/mol. The molecule has 0 aromatic heterocycles. The quantitative estimate of drug-likeness (QED) is 0.646. The maximum Gasteiger partial charge on any atom is 0.304 e. The first-order chi connectivity index (χ1) is 14.5. The van der Waals surface area contributed by atoms with E-state index in [1.54, 1.807) is 0 Å². The number of carboxylic acids is 2. The summed E-state index contributed by atoms with van der Waals surface area (Å²) in [5.41, 5.74) is -0.0575. The van der Waals surface area contributed by atoms with Crippen LogP contribution in [0.5, 0.6) is 0 Å². The van der Waals surface area contributed by atoms with Crippen molar-refractivity contribution in [2.45, 2.75) is 84.5 Å². The number of carbonyl (C=O) groups is 4. The van der Waals surface area contributed by atoms with Crippen molar-refractivity contribution in [2.24, 2.45) is 34.0 Å². The van der Waals surface area contributed by atoms with Crippen LogP contribution in [0.4, 0.5) is 0 Å². The summed E-state index contributed by atoms with van der Waals surface area (Å²) in [6.45, 7) is 4.42. The van der Waals surface area contributed by atoms with Gasteiger partial charge in [-0.2, -0.15) is 0 Å². The molecule has 3 fully saturated rings. The van der Waals surface area contributed by atoms with Crippen LogP contribution in [0.15, 0.2) is 11.6 Å². The summed E-state index contributed by atoms with van der Waals surface area (Å²) in [6, 6.07) is 0. The van der Waals surface area contributed by atoms with E-state index in [1.807, 2.05) is 6.08 Å². The van der Waals surface area contributed by atoms with Gasteiger partial charge in [0.2, 0.25) is 0 Å². The minimum absolute atomic E-state index is 0.0313. The molecule has 4 aliphatic rings. The van der Waals surface area contributed by atoms with Crippen LogP contribution in [-0.4, -0.2) is 33.7 Å². The summed E-state index contributed by atoms with van der Waals surface area (Å²) in [5, 5.41) is 18.8. The summed E-state index contributed by atoms with van der Waals surface area (Å²) in [5.74, 6) is -0.766. The van der Waals surface area contributed by atoms with Gasteiger partial charge >= 0.3 is 11.9 Å². The van der Waals surface area contributed by atoms with Gasteiger partial charge in [0.25, 0.3) is 0 Å². The van der Waals surface area contributed by atoms with Crippen LogP contribution >= 0.6 is 0 Å². The highest BCUT2D eigenvalue weighted by Crippen LogP contribution is 2.71. The van der Waals surface area contributed by atoms with Gasteiger partial charge in [-0.1, -0.05) is 19.4 Å². The van der Waals surface area contributed by atoms with Crippen molar-refractivity contribution in [1.29, 1.82) is 0 Å². The van der Waals surface area contributed by atoms with Crippen molar-refractivity contribution in [1.82, 2.24) is 0 Å². The smallest absolute Gasteiger partial charge is 0.304 e. The van der Waals surface area contributed by atoms with Crippen molar-refractivity contribution < 1.29 is 29.4 Å². The van der Waals surface area contributed by atoms with Gasteiger partial charge in [-0.3, -0.25) is 19.2 Å². The van der Waals surface area contributed by atoms with Crippen LogP contribution in [0.1, 0.15) is 84.5 Å². The lowest BCUT2D eigenvalue weighted by molar-refractivity contribution is -0.156. The maximum atomic E-state index is 13.4. The van der Waals surface area contributed by atoms with Crippen LogP contribution < -0.4 is 0 Å². The molecular formula is C25H34O6. The molecule has 6 atom stereocenters. The third-order valence-electron chi connectivity index (χ3n) is 9.88. The van der Waals surface area contributed by atoms with Gasteiger partial charge in [0.15, 0.2) is 5.78 Å². The summed E-state index contributed by atoms with van der Waals surface area (Å²) in [4.78, 5) is 48.4. The third kappa shape index (κ3) is 3.28. The number of hydrogen-bond acceptors (Lipinski definition) is 4. The zero-order valence-electron chi connectivity index (χ0n) is 18.6. The molecule has 4 aliphatic carbocycles. The first-order valence-corrected chi connectivity index (χ1v) is 11.7. The Kier molecular flexibility index (Phi) is 5.42. The molecule has 0 radical (unpaired) electrons. The van der Waals surface area contributed by atoms with Crippen molar-refractivity contribution in [3.63, 3.8) is 0 Å². The van der Waals surface area contributed by atoms with Gasteiger partial charge in [-0.15, -0.1) is 0 Å². The number of Topliss-reactive ketones (excluding diaryl/α,β-unsaturated/α-hetero) is 1. The molecule has 0 unspecified atom stereocenters. The average Bonchev–Trinajstić information content (AvgIpc) is 2.99. The molecule has 3 saturated carbocycles. The highest BCUT2D eigenvalue weighted by molar-refractivity contribution is 5.92. The number of fused-ring (bicyclic) bond motifs is 5. The van der Waals surface area contributed by atoms with Gasteiger partial charge in [-0.25, -0.2) is 0 Å². The Labute approximate surface area is 183 Å². The molecular weight excluding hydrogens is 396 g/mol. The van der Waals surface area contributed by atoms with Gasteiger partial charge < -0.3 is 10.2 Å². The number of rotatable bonds is 6. The molecule has 31 heavy (non-hydrogen) atoms. The monoisotopic (exact) mass is 430 g/mol. The molecule has 0 bridgehead atoms. The molecule has 6 heteroatoms. The largest absolute Gasteiger partial charge is 0.481 e. The van der Waals surface area contributed by atoms with E-state index in [9.17, 15) is 24.3 Å². The number of carbonyl (C=O) groups excluding carboxylic acids is 2. The van der Waals surface area contributed by atoms with Gasteiger partial charge in [0.05, 0.1) is 12.8 Å². The van der Waals surface area contributed by atoms with Crippen molar-refractivity contribution in [3.8, 4) is 0 Å². The lowest BCUT2D eigenvalue weighted by atomic mass is 9.44. The van der Waals surface area contributed by atoms with E-state index in [0.29, 0.717) is 24.7 Å². The summed E-state index contributed by atoms with van der Waals surface area (Å²) >= 11 is 0. The molecule has 0 amide bonds. The molecule has 0 aromatic carbocycles. The first kappa shape index (κ1) is 22.2. The molecule has 0 spiro atoms. The lowest BCUT2D eigenvalue weighted by Gasteiger charge is -2.59. The number of hydrogen-bond donors (Lipinski definition) is 2. The Morgan fingerprint density at radius 3 is 2.32 bits per heavy atom. The lowest BCUT2D eigenvalue weighted by Crippen LogP contribution is -2.55. The van der Waals surface area contributed by atoms with Crippen LogP contribution in [-0.2, 0) is 19.2 Å². The second-order valence-electron chi connectivity index (χ2n) is 10.9. The topological polar surface area (TPSA) is 109 Å². The van der Waals surface area contributed by atoms with E-state index >= 15 is 0 Å². The van der Waals surface area contributed by atoms with Crippen LogP contribution in [0, 0.1) is 34.0 Å². The SMILES string of the molecule is C[C@]12CCC(=O)C=C1CC[C@@H]1[C@@H]2CC[C@@]2(C)[C@H]1CC[C@]2(CC(=O)O)C(=O)CCC(=O)O. The fraction of sp³-hybridized carbons (Fsp3) is 0.760. The number of ketones is 2. The highest BCUT2D eigenvalue weighted by Gasteiger charge is 2.66. The number of carboxylic acid groups (broad SMARTS) is 2. The first-order valence-electron chi connectivity index (χ1n) is 11.7. The molecule has 0 aliphatic heterocycles. The number of aliphatic carboxylic acids is 2. The van der Waals surface area contributed by atoms with Gasteiger partial charge in [0, 0.05) is 18.3 Å². The van der Waals surface area contributed by atoms with Crippen LogP contribution in [0.25, 0.3) is 0 Å². The minimum Gasteiger partial charge on any atom is -0.481 e. The fourth-order valence-electron chi connectivity index (χ4n) is 8.26. The van der Waals surface area contributed by atoms with Crippen molar-refractivity contribution in [2.75, 3.05) is 0 Å². The normalized spacial score (nSPS) is 41.5. The van der Waals surface area contributed by atoms with E-state index in [-0.39, 0.29) is 42.2 Å². The van der Waals surface area contributed by atoms with Gasteiger partial charge in [0.1, 0.15) is 5.78 Å². The summed E-state index contributed by atoms with van der Waals surface area (Å²) in [7, 11) is 0. The Bertz CT molecular complexity index is 858. The summed E-state index contributed by atoms with van der Waals surface area (Å²) < 4.78 is 0. The Morgan fingerprint density at radius 2 is 1.65 bits per heavy atom. The molecule has 4 rings (SSSR count). The van der Waals surface area contributed by atoms with E-state index < -0.39 is 22.8 Å². The van der Waals surface area contributed by atoms with Gasteiger partial charge in [-0.05, 0) is 79.6 Å². The van der Waals surface area contributed by atoms with E-state index in [2.05, 4.69) is 13.8 Å². The standard InChI is InChI=1S/C25H34O6/c1-23-10-7-16(26)13-15(23)3-4-17-18(23)8-11-24(2)19(17)9-12-25(24,14-22(30)31)20(27)5-6-21(28)29/h13,17-19H,3-12,14H2,1-2H3,(H,28,29)(H,30,31)/t17-,18+,19+,23+,24+,25+/m1/s1. The fourth-order valence-corrected chi connectivity index (χ4v) is 8.26. The molecule has 170 valence electrons. The second kappa shape index (κ2) is 7.56.